The number of pyridine rings is 1. The zero-order valence-electron chi connectivity index (χ0n) is 10.2. The molecular weight excluding hydrogens is 234 g/mol. The number of nitrogens with zero attached hydrogens (tertiary/aromatic N) is 2. The summed E-state index contributed by atoms with van der Waals surface area (Å²) in [6.07, 6.45) is 1.70. The van der Waals surface area contributed by atoms with E-state index >= 15 is 0 Å². The van der Waals surface area contributed by atoms with Crippen molar-refractivity contribution in [2.75, 3.05) is 6.54 Å². The molecule has 0 fully saturated rings. The number of amides is 1. The maximum atomic E-state index is 10.6. The third-order valence-electron chi connectivity index (χ3n) is 2.11. The van der Waals surface area contributed by atoms with Crippen LogP contribution in [0.15, 0.2) is 12.3 Å². The Bertz CT molecular complexity index is 529. The summed E-state index contributed by atoms with van der Waals surface area (Å²) < 4.78 is 0. The highest BCUT2D eigenvalue weighted by molar-refractivity contribution is 5.72. The van der Waals surface area contributed by atoms with Gasteiger partial charge in [-0.25, -0.2) is 4.98 Å². The molecule has 0 radical (unpaired) electrons. The number of carbonyl (C=O) groups is 1. The zero-order chi connectivity index (χ0) is 13.5. The molecule has 0 bridgehead atoms. The van der Waals surface area contributed by atoms with E-state index in [1.165, 1.54) is 19.2 Å². The average molecular weight is 247 g/mol. The van der Waals surface area contributed by atoms with Crippen LogP contribution >= 0.6 is 0 Å². The number of hydrogen-bond acceptors (Lipinski definition) is 4. The third kappa shape index (κ3) is 4.22. The van der Waals surface area contributed by atoms with Gasteiger partial charge in [-0.1, -0.05) is 5.92 Å². The molecule has 1 aromatic heterocycles. The smallest absolute Gasteiger partial charge is 0.287 e. The summed E-state index contributed by atoms with van der Waals surface area (Å²) in [5.41, 5.74) is 1.14. The van der Waals surface area contributed by atoms with Gasteiger partial charge >= 0.3 is 0 Å². The Morgan fingerprint density at radius 2 is 2.33 bits per heavy atom. The molecule has 1 heterocycles. The monoisotopic (exact) mass is 247 g/mol. The van der Waals surface area contributed by atoms with E-state index in [4.69, 9.17) is 0 Å². The van der Waals surface area contributed by atoms with E-state index in [-0.39, 0.29) is 11.6 Å². The molecule has 0 aliphatic heterocycles. The Balaban J connectivity index is 2.65. The fraction of sp³-hybridized carbons (Fsp3) is 0.333. The first-order valence-corrected chi connectivity index (χ1v) is 5.35. The molecule has 0 aromatic carbocycles. The van der Waals surface area contributed by atoms with Gasteiger partial charge in [0.15, 0.2) is 0 Å². The number of hydrogen-bond donors (Lipinski definition) is 1. The Hall–Kier alpha value is -2.42. The molecule has 1 N–H and O–H groups in total. The summed E-state index contributed by atoms with van der Waals surface area (Å²) in [5.74, 6) is 5.57. The van der Waals surface area contributed by atoms with Crippen molar-refractivity contribution < 1.29 is 9.72 Å². The zero-order valence-corrected chi connectivity index (χ0v) is 10.2. The van der Waals surface area contributed by atoms with Crippen molar-refractivity contribution in [3.05, 3.63) is 33.6 Å². The van der Waals surface area contributed by atoms with Crippen LogP contribution in [0.4, 0.5) is 5.69 Å². The van der Waals surface area contributed by atoms with Gasteiger partial charge in [0.2, 0.25) is 5.91 Å². The maximum Gasteiger partial charge on any atom is 0.287 e. The van der Waals surface area contributed by atoms with Gasteiger partial charge in [0, 0.05) is 26.0 Å². The van der Waals surface area contributed by atoms with Crippen LogP contribution < -0.4 is 5.32 Å². The van der Waals surface area contributed by atoms with Crippen molar-refractivity contribution in [3.8, 4) is 11.8 Å². The normalized spacial score (nSPS) is 9.22. The second-order valence-corrected chi connectivity index (χ2v) is 3.65. The predicted octanol–water partition coefficient (Wildman–Crippen LogP) is 1.18. The predicted molar refractivity (Wildman–Crippen MR) is 65.8 cm³/mol. The summed E-state index contributed by atoms with van der Waals surface area (Å²) in [4.78, 5) is 24.6. The molecule has 0 atom stereocenters. The number of aromatic nitrogens is 1. The lowest BCUT2D eigenvalue weighted by Gasteiger charge is -1.97. The van der Waals surface area contributed by atoms with Gasteiger partial charge in [-0.05, 0) is 18.4 Å². The van der Waals surface area contributed by atoms with Crippen LogP contribution in [0, 0.1) is 28.9 Å². The number of nitrogens with one attached hydrogen (secondary N) is 1. The number of carbonyl (C=O) groups excluding carboxylic acids is 1. The second-order valence-electron chi connectivity index (χ2n) is 3.65. The lowest BCUT2D eigenvalue weighted by molar-refractivity contribution is -0.385. The molecule has 0 saturated carbocycles. The highest BCUT2D eigenvalue weighted by atomic mass is 16.6. The van der Waals surface area contributed by atoms with Crippen molar-refractivity contribution in [2.45, 2.75) is 20.3 Å². The van der Waals surface area contributed by atoms with Crippen LogP contribution in [0.3, 0.4) is 0 Å². The van der Waals surface area contributed by atoms with E-state index in [1.54, 1.807) is 6.92 Å². The molecule has 0 aliphatic rings. The van der Waals surface area contributed by atoms with E-state index in [9.17, 15) is 14.9 Å². The highest BCUT2D eigenvalue weighted by Gasteiger charge is 2.07. The lowest BCUT2D eigenvalue weighted by Crippen LogP contribution is -2.20. The van der Waals surface area contributed by atoms with Gasteiger partial charge in [0.25, 0.3) is 5.69 Å². The molecule has 0 saturated heterocycles. The largest absolute Gasteiger partial charge is 0.355 e. The minimum atomic E-state index is -0.492. The molecule has 1 amide bonds. The summed E-state index contributed by atoms with van der Waals surface area (Å²) in [6.45, 7) is 3.64. The Morgan fingerprint density at radius 1 is 1.61 bits per heavy atom. The highest BCUT2D eigenvalue weighted by Crippen LogP contribution is 2.13. The van der Waals surface area contributed by atoms with Crippen LogP contribution in [0.2, 0.25) is 0 Å². The van der Waals surface area contributed by atoms with E-state index in [1.807, 2.05) is 0 Å². The fourth-order valence-electron chi connectivity index (χ4n) is 1.24. The molecular formula is C12H13N3O3. The van der Waals surface area contributed by atoms with Gasteiger partial charge in [-0.15, -0.1) is 0 Å². The van der Waals surface area contributed by atoms with Crippen molar-refractivity contribution in [1.82, 2.24) is 10.3 Å². The number of aryl methyl sites for hydroxylation is 1. The third-order valence-corrected chi connectivity index (χ3v) is 2.11. The van der Waals surface area contributed by atoms with E-state index in [2.05, 4.69) is 22.1 Å². The van der Waals surface area contributed by atoms with Crippen LogP contribution in [0.25, 0.3) is 0 Å². The molecule has 6 nitrogen and oxygen atoms in total. The van der Waals surface area contributed by atoms with Crippen molar-refractivity contribution >= 4 is 11.6 Å². The Labute approximate surface area is 105 Å². The van der Waals surface area contributed by atoms with E-state index < -0.39 is 4.92 Å². The SMILES string of the molecule is CC(=O)NCCC#Cc1ncc([N+](=O)[O-])cc1C. The minimum Gasteiger partial charge on any atom is -0.355 e. The van der Waals surface area contributed by atoms with Crippen LogP contribution in [-0.4, -0.2) is 22.4 Å². The number of nitro groups is 1. The minimum absolute atomic E-state index is 0.0451. The number of rotatable bonds is 3. The molecule has 0 unspecified atom stereocenters. The van der Waals surface area contributed by atoms with Crippen LogP contribution in [0.1, 0.15) is 24.6 Å². The first kappa shape index (κ1) is 13.6. The second kappa shape index (κ2) is 6.35. The molecule has 6 heteroatoms. The van der Waals surface area contributed by atoms with Crippen molar-refractivity contribution in [1.29, 1.82) is 0 Å². The standard InChI is InChI=1S/C12H13N3O3/c1-9-7-11(15(17)18)8-14-12(9)5-3-4-6-13-10(2)16/h7-8H,4,6H2,1-2H3,(H,13,16). The summed E-state index contributed by atoms with van der Waals surface area (Å²) in [7, 11) is 0. The topological polar surface area (TPSA) is 85.1 Å². The molecule has 1 rings (SSSR count). The molecule has 0 aliphatic carbocycles. The molecule has 0 spiro atoms. The maximum absolute atomic E-state index is 10.6. The molecule has 94 valence electrons. The molecule has 18 heavy (non-hydrogen) atoms. The molecule has 1 aromatic rings. The van der Waals surface area contributed by atoms with Crippen LogP contribution in [0.5, 0.6) is 0 Å². The Morgan fingerprint density at radius 3 is 2.89 bits per heavy atom. The first-order valence-electron chi connectivity index (χ1n) is 5.35. The summed E-state index contributed by atoms with van der Waals surface area (Å²) in [6, 6.07) is 1.44. The fourth-order valence-corrected chi connectivity index (χ4v) is 1.24. The van der Waals surface area contributed by atoms with Gasteiger partial charge in [-0.2, -0.15) is 0 Å². The lowest BCUT2D eigenvalue weighted by atomic mass is 10.2. The van der Waals surface area contributed by atoms with Crippen LogP contribution in [-0.2, 0) is 4.79 Å². The Kier molecular flexibility index (Phi) is 4.81. The van der Waals surface area contributed by atoms with Gasteiger partial charge in [-0.3, -0.25) is 14.9 Å². The first-order chi connectivity index (χ1) is 8.50. The van der Waals surface area contributed by atoms with E-state index in [0.29, 0.717) is 24.2 Å². The summed E-state index contributed by atoms with van der Waals surface area (Å²) >= 11 is 0. The van der Waals surface area contributed by atoms with Crippen molar-refractivity contribution in [3.63, 3.8) is 0 Å². The average Bonchev–Trinajstić information content (AvgIpc) is 2.29. The summed E-state index contributed by atoms with van der Waals surface area (Å²) in [5, 5.41) is 13.1. The van der Waals surface area contributed by atoms with Gasteiger partial charge in [0.05, 0.1) is 4.92 Å². The van der Waals surface area contributed by atoms with Crippen molar-refractivity contribution in [2.24, 2.45) is 0 Å². The van der Waals surface area contributed by atoms with Gasteiger partial charge in [0.1, 0.15) is 11.9 Å². The van der Waals surface area contributed by atoms with E-state index in [0.717, 1.165) is 0 Å². The quantitative estimate of drug-likeness (QED) is 0.376. The van der Waals surface area contributed by atoms with Gasteiger partial charge < -0.3 is 5.32 Å².